The van der Waals surface area contributed by atoms with E-state index in [9.17, 15) is 0 Å². The molecule has 0 fully saturated rings. The number of hydrogen-bond donors (Lipinski definition) is 1. The van der Waals surface area contributed by atoms with E-state index >= 15 is 0 Å². The van der Waals surface area contributed by atoms with Crippen molar-refractivity contribution in [3.63, 3.8) is 0 Å². The molecule has 1 N–H and O–H groups in total. The quantitative estimate of drug-likeness (QED) is 0.764. The van der Waals surface area contributed by atoms with Crippen LogP contribution >= 0.6 is 0 Å². The summed E-state index contributed by atoms with van der Waals surface area (Å²) in [5.74, 6) is 0. The molecule has 1 heterocycles. The zero-order valence-electron chi connectivity index (χ0n) is 8.96. The van der Waals surface area contributed by atoms with Crippen molar-refractivity contribution in [2.75, 3.05) is 7.05 Å². The Balaban J connectivity index is 2.61. The number of benzene rings is 1. The minimum Gasteiger partial charge on any atom is -0.346 e. The molecule has 2 rings (SSSR count). The molecule has 2 aromatic rings. The predicted octanol–water partition coefficient (Wildman–Crippen LogP) is 2.21. The Bertz CT molecular complexity index is 455. The Morgan fingerprint density at radius 1 is 1.29 bits per heavy atom. The maximum Gasteiger partial charge on any atom is 0.0480 e. The minimum atomic E-state index is 0.921. The zero-order chi connectivity index (χ0) is 10.1. The lowest BCUT2D eigenvalue weighted by Crippen LogP contribution is -2.08. The van der Waals surface area contributed by atoms with Gasteiger partial charge in [0.15, 0.2) is 0 Å². The third kappa shape index (κ3) is 1.42. The first-order valence-corrected chi connectivity index (χ1v) is 4.92. The fourth-order valence-corrected chi connectivity index (χ4v) is 1.88. The predicted molar refractivity (Wildman–Crippen MR) is 60.4 cm³/mol. The summed E-state index contributed by atoms with van der Waals surface area (Å²) < 4.78 is 2.24. The Kier molecular flexibility index (Phi) is 2.30. The van der Waals surface area contributed by atoms with Crippen LogP contribution in [-0.4, -0.2) is 11.6 Å². The molecular weight excluding hydrogens is 172 g/mol. The fraction of sp³-hybridized carbons (Fsp3) is 0.333. The van der Waals surface area contributed by atoms with E-state index in [1.807, 2.05) is 7.05 Å². The van der Waals surface area contributed by atoms with Gasteiger partial charge in [-0.25, -0.2) is 0 Å². The number of fused-ring (bicyclic) bond motifs is 1. The highest BCUT2D eigenvalue weighted by Crippen LogP contribution is 2.19. The van der Waals surface area contributed by atoms with Crippen LogP contribution in [0, 0.1) is 6.92 Å². The molecule has 0 saturated heterocycles. The molecule has 0 aliphatic rings. The van der Waals surface area contributed by atoms with Crippen LogP contribution in [0.15, 0.2) is 24.3 Å². The van der Waals surface area contributed by atoms with Crippen molar-refractivity contribution >= 4 is 10.9 Å². The van der Waals surface area contributed by atoms with Gasteiger partial charge >= 0.3 is 0 Å². The van der Waals surface area contributed by atoms with Gasteiger partial charge in [-0.2, -0.15) is 0 Å². The largest absolute Gasteiger partial charge is 0.346 e. The van der Waals surface area contributed by atoms with E-state index < -0.39 is 0 Å². The number of nitrogens with zero attached hydrogens (tertiary/aromatic N) is 1. The van der Waals surface area contributed by atoms with Gasteiger partial charge in [-0.1, -0.05) is 11.6 Å². The van der Waals surface area contributed by atoms with E-state index in [0.717, 1.165) is 6.54 Å². The summed E-state index contributed by atoms with van der Waals surface area (Å²) in [5.41, 5.74) is 3.95. The topological polar surface area (TPSA) is 17.0 Å². The average molecular weight is 188 g/mol. The van der Waals surface area contributed by atoms with Crippen molar-refractivity contribution in [1.29, 1.82) is 0 Å². The summed E-state index contributed by atoms with van der Waals surface area (Å²) in [6.07, 6.45) is 0. The third-order valence-corrected chi connectivity index (χ3v) is 2.66. The monoisotopic (exact) mass is 188 g/mol. The van der Waals surface area contributed by atoms with Gasteiger partial charge in [0.2, 0.25) is 0 Å². The molecule has 0 spiro atoms. The maximum absolute atomic E-state index is 3.18. The van der Waals surface area contributed by atoms with Crippen molar-refractivity contribution in [2.24, 2.45) is 7.05 Å². The average Bonchev–Trinajstić information content (AvgIpc) is 2.44. The summed E-state index contributed by atoms with van der Waals surface area (Å²) in [7, 11) is 4.09. The van der Waals surface area contributed by atoms with Crippen molar-refractivity contribution in [3.8, 4) is 0 Å². The van der Waals surface area contributed by atoms with Gasteiger partial charge in [0.25, 0.3) is 0 Å². The smallest absolute Gasteiger partial charge is 0.0480 e. The van der Waals surface area contributed by atoms with E-state index in [1.54, 1.807) is 0 Å². The molecule has 2 nitrogen and oxygen atoms in total. The van der Waals surface area contributed by atoms with Crippen molar-refractivity contribution < 1.29 is 0 Å². The minimum absolute atomic E-state index is 0.921. The second-order valence-electron chi connectivity index (χ2n) is 3.79. The highest BCUT2D eigenvalue weighted by molar-refractivity contribution is 5.82. The van der Waals surface area contributed by atoms with Crippen LogP contribution in [0.25, 0.3) is 10.9 Å². The first kappa shape index (κ1) is 9.28. The van der Waals surface area contributed by atoms with Gasteiger partial charge in [0.05, 0.1) is 0 Å². The van der Waals surface area contributed by atoms with Gasteiger partial charge < -0.3 is 9.88 Å². The standard InChI is InChI=1S/C12H16N2/c1-9-4-5-12-10(6-9)7-11(8-13-2)14(12)3/h4-7,13H,8H2,1-3H3. The lowest BCUT2D eigenvalue weighted by Gasteiger charge is -2.02. The molecular formula is C12H16N2. The molecule has 1 aromatic carbocycles. The van der Waals surface area contributed by atoms with E-state index in [0.29, 0.717) is 0 Å². The number of aryl methyl sites for hydroxylation is 2. The SMILES string of the molecule is CNCc1cc2cc(C)ccc2n1C. The van der Waals surface area contributed by atoms with Gasteiger partial charge in [0, 0.05) is 30.2 Å². The van der Waals surface area contributed by atoms with Crippen molar-refractivity contribution in [1.82, 2.24) is 9.88 Å². The maximum atomic E-state index is 3.18. The van der Waals surface area contributed by atoms with Crippen LogP contribution in [0.1, 0.15) is 11.3 Å². The van der Waals surface area contributed by atoms with Crippen LogP contribution in [0.5, 0.6) is 0 Å². The van der Waals surface area contributed by atoms with Gasteiger partial charge in [0.1, 0.15) is 0 Å². The molecule has 0 unspecified atom stereocenters. The highest BCUT2D eigenvalue weighted by Gasteiger charge is 2.03. The molecule has 0 atom stereocenters. The van der Waals surface area contributed by atoms with Crippen molar-refractivity contribution in [2.45, 2.75) is 13.5 Å². The molecule has 0 aliphatic heterocycles. The van der Waals surface area contributed by atoms with Gasteiger partial charge in [-0.15, -0.1) is 0 Å². The summed E-state index contributed by atoms with van der Waals surface area (Å²) in [6.45, 7) is 3.05. The molecule has 0 saturated carbocycles. The molecule has 0 amide bonds. The second-order valence-corrected chi connectivity index (χ2v) is 3.79. The summed E-state index contributed by atoms with van der Waals surface area (Å²) >= 11 is 0. The Labute approximate surface area is 84.5 Å². The first-order chi connectivity index (χ1) is 6.72. The lowest BCUT2D eigenvalue weighted by atomic mass is 10.2. The molecule has 74 valence electrons. The third-order valence-electron chi connectivity index (χ3n) is 2.66. The zero-order valence-corrected chi connectivity index (χ0v) is 8.96. The number of rotatable bonds is 2. The van der Waals surface area contributed by atoms with E-state index in [4.69, 9.17) is 0 Å². The van der Waals surface area contributed by atoms with Gasteiger partial charge in [-0.05, 0) is 32.2 Å². The molecule has 1 aromatic heterocycles. The number of aromatic nitrogens is 1. The van der Waals surface area contributed by atoms with Crippen molar-refractivity contribution in [3.05, 3.63) is 35.5 Å². The van der Waals surface area contributed by atoms with Crippen LogP contribution in [0.2, 0.25) is 0 Å². The Morgan fingerprint density at radius 3 is 2.79 bits per heavy atom. The second kappa shape index (κ2) is 3.46. The fourth-order valence-electron chi connectivity index (χ4n) is 1.88. The lowest BCUT2D eigenvalue weighted by molar-refractivity contribution is 0.745. The summed E-state index contributed by atoms with van der Waals surface area (Å²) in [6, 6.07) is 8.82. The molecule has 0 aliphatic carbocycles. The van der Waals surface area contributed by atoms with E-state index in [-0.39, 0.29) is 0 Å². The number of nitrogens with one attached hydrogen (secondary N) is 1. The van der Waals surface area contributed by atoms with Crippen LogP contribution in [-0.2, 0) is 13.6 Å². The van der Waals surface area contributed by atoms with Crippen LogP contribution < -0.4 is 5.32 Å². The molecule has 0 bridgehead atoms. The molecule has 14 heavy (non-hydrogen) atoms. The van der Waals surface area contributed by atoms with Gasteiger partial charge in [-0.3, -0.25) is 0 Å². The Morgan fingerprint density at radius 2 is 2.07 bits per heavy atom. The highest BCUT2D eigenvalue weighted by atomic mass is 15.0. The van der Waals surface area contributed by atoms with E-state index in [2.05, 4.69) is 48.1 Å². The molecule has 0 radical (unpaired) electrons. The van der Waals surface area contributed by atoms with Crippen LogP contribution in [0.3, 0.4) is 0 Å². The molecule has 2 heteroatoms. The Hall–Kier alpha value is -1.28. The number of hydrogen-bond acceptors (Lipinski definition) is 1. The normalized spacial score (nSPS) is 11.1. The van der Waals surface area contributed by atoms with E-state index in [1.165, 1.54) is 22.2 Å². The van der Waals surface area contributed by atoms with Crippen LogP contribution in [0.4, 0.5) is 0 Å². The summed E-state index contributed by atoms with van der Waals surface area (Å²) in [4.78, 5) is 0. The first-order valence-electron chi connectivity index (χ1n) is 4.92. The summed E-state index contributed by atoms with van der Waals surface area (Å²) in [5, 5.41) is 4.51.